The number of hydrogen-bond acceptors (Lipinski definition) is 2. The quantitative estimate of drug-likeness (QED) is 0.781. The predicted octanol–water partition coefficient (Wildman–Crippen LogP) is 3.24. The highest BCUT2D eigenvalue weighted by atomic mass is 35.5. The Morgan fingerprint density at radius 2 is 1.93 bits per heavy atom. The normalized spacial score (nSPS) is 10.5. The van der Waals surface area contributed by atoms with Crippen LogP contribution in [0.5, 0.6) is 0 Å². The Morgan fingerprint density at radius 3 is 2.60 bits per heavy atom. The van der Waals surface area contributed by atoms with Crippen molar-refractivity contribution in [2.45, 2.75) is 0 Å². The molecule has 3 nitrogen and oxygen atoms in total. The first-order valence-corrected chi connectivity index (χ1v) is 4.83. The van der Waals surface area contributed by atoms with Crippen LogP contribution in [0.4, 0.5) is 0 Å². The first kappa shape index (κ1) is 10.2. The van der Waals surface area contributed by atoms with E-state index in [0.717, 1.165) is 0 Å². The van der Waals surface area contributed by atoms with E-state index >= 15 is 0 Å². The van der Waals surface area contributed by atoms with Crippen molar-refractivity contribution >= 4 is 40.1 Å². The third-order valence-corrected chi connectivity index (χ3v) is 2.62. The van der Waals surface area contributed by atoms with E-state index in [4.69, 9.17) is 28.3 Å². The van der Waals surface area contributed by atoms with Crippen LogP contribution in [-0.2, 0) is 0 Å². The largest absolute Gasteiger partial charge is 0.478 e. The van der Waals surface area contributed by atoms with E-state index in [1.807, 2.05) is 0 Å². The average Bonchev–Trinajstić information content (AvgIpc) is 2.17. The number of aromatic nitrogens is 1. The first-order chi connectivity index (χ1) is 7.09. The molecule has 76 valence electrons. The van der Waals surface area contributed by atoms with Crippen LogP contribution in [0.2, 0.25) is 10.2 Å². The van der Waals surface area contributed by atoms with Gasteiger partial charge in [-0.05, 0) is 24.3 Å². The Labute approximate surface area is 95.3 Å². The van der Waals surface area contributed by atoms with E-state index in [0.29, 0.717) is 16.1 Å². The fourth-order valence-electron chi connectivity index (χ4n) is 1.31. The number of carboxylic acids is 1. The molecule has 0 saturated carbocycles. The minimum absolute atomic E-state index is 0.0632. The lowest BCUT2D eigenvalue weighted by Gasteiger charge is -2.03. The number of hydrogen-bond donors (Lipinski definition) is 1. The minimum Gasteiger partial charge on any atom is -0.478 e. The highest BCUT2D eigenvalue weighted by molar-refractivity contribution is 6.38. The summed E-state index contributed by atoms with van der Waals surface area (Å²) in [5.74, 6) is -1.06. The van der Waals surface area contributed by atoms with Crippen LogP contribution >= 0.6 is 23.2 Å². The molecule has 2 aromatic rings. The summed E-state index contributed by atoms with van der Waals surface area (Å²) in [6, 6.07) is 6.22. The fraction of sp³-hybridized carbons (Fsp3) is 0. The van der Waals surface area contributed by atoms with E-state index in [1.54, 1.807) is 18.2 Å². The van der Waals surface area contributed by atoms with Crippen LogP contribution in [0.3, 0.4) is 0 Å². The van der Waals surface area contributed by atoms with Gasteiger partial charge in [0.1, 0.15) is 5.15 Å². The van der Waals surface area contributed by atoms with Crippen molar-refractivity contribution in [1.82, 2.24) is 4.98 Å². The van der Waals surface area contributed by atoms with Crippen LogP contribution in [0.15, 0.2) is 24.3 Å². The van der Waals surface area contributed by atoms with Gasteiger partial charge in [-0.15, -0.1) is 0 Å². The van der Waals surface area contributed by atoms with Crippen LogP contribution in [0.1, 0.15) is 10.4 Å². The second kappa shape index (κ2) is 3.68. The van der Waals surface area contributed by atoms with E-state index in [-0.39, 0.29) is 10.6 Å². The van der Waals surface area contributed by atoms with Crippen LogP contribution in [-0.4, -0.2) is 16.1 Å². The van der Waals surface area contributed by atoms with Crippen molar-refractivity contribution in [2.24, 2.45) is 0 Å². The van der Waals surface area contributed by atoms with Gasteiger partial charge in [0.25, 0.3) is 0 Å². The number of benzene rings is 1. The van der Waals surface area contributed by atoms with E-state index in [2.05, 4.69) is 4.98 Å². The van der Waals surface area contributed by atoms with Crippen LogP contribution in [0, 0.1) is 0 Å². The maximum absolute atomic E-state index is 10.8. The highest BCUT2D eigenvalue weighted by Crippen LogP contribution is 2.27. The van der Waals surface area contributed by atoms with Gasteiger partial charge < -0.3 is 5.11 Å². The molecule has 1 aromatic carbocycles. The van der Waals surface area contributed by atoms with Crippen molar-refractivity contribution in [3.05, 3.63) is 40.0 Å². The summed E-state index contributed by atoms with van der Waals surface area (Å²) in [7, 11) is 0. The van der Waals surface area contributed by atoms with Gasteiger partial charge in [0.05, 0.1) is 16.1 Å². The minimum atomic E-state index is -1.06. The Kier molecular flexibility index (Phi) is 2.50. The predicted molar refractivity (Wildman–Crippen MR) is 58.7 cm³/mol. The maximum atomic E-state index is 10.8. The molecule has 0 amide bonds. The van der Waals surface area contributed by atoms with Gasteiger partial charge in [-0.1, -0.05) is 23.2 Å². The number of pyridine rings is 1. The number of nitrogens with zero attached hydrogens (tertiary/aromatic N) is 1. The Morgan fingerprint density at radius 1 is 1.20 bits per heavy atom. The second-order valence-electron chi connectivity index (χ2n) is 2.93. The Hall–Kier alpha value is -1.32. The SMILES string of the molecule is O=C(O)c1ccc2nc(Cl)ccc2c1Cl. The molecule has 0 fully saturated rings. The summed E-state index contributed by atoms with van der Waals surface area (Å²) in [6.45, 7) is 0. The lowest BCUT2D eigenvalue weighted by atomic mass is 10.1. The number of carboxylic acid groups (broad SMARTS) is 1. The molecule has 0 radical (unpaired) electrons. The molecule has 5 heteroatoms. The van der Waals surface area contributed by atoms with E-state index in [1.165, 1.54) is 6.07 Å². The van der Waals surface area contributed by atoms with Gasteiger partial charge in [0, 0.05) is 5.39 Å². The Bertz CT molecular complexity index is 554. The highest BCUT2D eigenvalue weighted by Gasteiger charge is 2.11. The fourth-order valence-corrected chi connectivity index (χ4v) is 1.77. The first-order valence-electron chi connectivity index (χ1n) is 4.07. The van der Waals surface area contributed by atoms with Crippen molar-refractivity contribution < 1.29 is 9.90 Å². The van der Waals surface area contributed by atoms with Crippen LogP contribution < -0.4 is 0 Å². The maximum Gasteiger partial charge on any atom is 0.337 e. The summed E-state index contributed by atoms with van der Waals surface area (Å²) >= 11 is 11.6. The monoisotopic (exact) mass is 241 g/mol. The summed E-state index contributed by atoms with van der Waals surface area (Å²) in [6.07, 6.45) is 0. The van der Waals surface area contributed by atoms with E-state index < -0.39 is 5.97 Å². The van der Waals surface area contributed by atoms with Crippen molar-refractivity contribution in [1.29, 1.82) is 0 Å². The molecule has 2 rings (SSSR count). The molecular formula is C10H5Cl2NO2. The molecule has 0 atom stereocenters. The zero-order valence-electron chi connectivity index (χ0n) is 7.37. The zero-order chi connectivity index (χ0) is 11.0. The van der Waals surface area contributed by atoms with Gasteiger partial charge in [0.15, 0.2) is 0 Å². The molecule has 1 aromatic heterocycles. The van der Waals surface area contributed by atoms with Gasteiger partial charge in [-0.25, -0.2) is 9.78 Å². The molecule has 0 bridgehead atoms. The summed E-state index contributed by atoms with van der Waals surface area (Å²) in [5.41, 5.74) is 0.644. The molecule has 0 aliphatic heterocycles. The lowest BCUT2D eigenvalue weighted by molar-refractivity contribution is 0.0697. The van der Waals surface area contributed by atoms with Gasteiger partial charge >= 0.3 is 5.97 Å². The molecular weight excluding hydrogens is 237 g/mol. The molecule has 0 saturated heterocycles. The number of fused-ring (bicyclic) bond motifs is 1. The van der Waals surface area contributed by atoms with Gasteiger partial charge in [-0.2, -0.15) is 0 Å². The smallest absolute Gasteiger partial charge is 0.337 e. The van der Waals surface area contributed by atoms with Gasteiger partial charge in [-0.3, -0.25) is 0 Å². The molecule has 0 aliphatic rings. The van der Waals surface area contributed by atoms with Crippen molar-refractivity contribution in [3.63, 3.8) is 0 Å². The van der Waals surface area contributed by atoms with Crippen LogP contribution in [0.25, 0.3) is 10.9 Å². The molecule has 15 heavy (non-hydrogen) atoms. The summed E-state index contributed by atoms with van der Waals surface area (Å²) in [5, 5.41) is 9.97. The third kappa shape index (κ3) is 1.76. The topological polar surface area (TPSA) is 50.2 Å². The number of aromatic carboxylic acids is 1. The molecule has 0 unspecified atom stereocenters. The number of rotatable bonds is 1. The van der Waals surface area contributed by atoms with Gasteiger partial charge in [0.2, 0.25) is 0 Å². The standard InChI is InChI=1S/C10H5Cl2NO2/c11-8-4-2-5-7(13-8)3-1-6(9(5)12)10(14)15/h1-4H,(H,14,15). The molecule has 1 heterocycles. The second-order valence-corrected chi connectivity index (χ2v) is 3.70. The molecule has 0 aliphatic carbocycles. The number of halogens is 2. The Balaban J connectivity index is 2.80. The summed E-state index contributed by atoms with van der Waals surface area (Å²) in [4.78, 5) is 14.8. The zero-order valence-corrected chi connectivity index (χ0v) is 8.88. The molecule has 1 N–H and O–H groups in total. The van der Waals surface area contributed by atoms with E-state index in [9.17, 15) is 4.79 Å². The molecule has 0 spiro atoms. The summed E-state index contributed by atoms with van der Waals surface area (Å²) < 4.78 is 0. The lowest BCUT2D eigenvalue weighted by Crippen LogP contribution is -1.97. The average molecular weight is 242 g/mol. The van der Waals surface area contributed by atoms with Crippen molar-refractivity contribution in [3.8, 4) is 0 Å². The van der Waals surface area contributed by atoms with Crippen molar-refractivity contribution in [2.75, 3.05) is 0 Å². The third-order valence-electron chi connectivity index (χ3n) is 2.00. The number of carbonyl (C=O) groups is 1.